The van der Waals surface area contributed by atoms with Gasteiger partial charge in [0, 0.05) is 11.8 Å². The molecule has 7 heteroatoms. The zero-order chi connectivity index (χ0) is 15.8. The minimum absolute atomic E-state index is 0.209. The average Bonchev–Trinajstić information content (AvgIpc) is 3.13. The van der Waals surface area contributed by atoms with Crippen molar-refractivity contribution in [2.75, 3.05) is 0 Å². The molecule has 3 heterocycles. The van der Waals surface area contributed by atoms with Crippen molar-refractivity contribution in [3.05, 3.63) is 60.2 Å². The zero-order valence-electron chi connectivity index (χ0n) is 11.8. The fraction of sp³-hybridized carbons (Fsp3) is 0.0625. The number of aliphatic hydroxyl groups excluding tert-OH is 1. The molecule has 0 aliphatic carbocycles. The van der Waals surface area contributed by atoms with E-state index < -0.39 is 0 Å². The Hall–Kier alpha value is -2.64. The van der Waals surface area contributed by atoms with Crippen molar-refractivity contribution >= 4 is 16.3 Å². The Morgan fingerprint density at radius 3 is 2.83 bits per heavy atom. The molecule has 0 saturated heterocycles. The number of benzene rings is 1. The number of rotatable bonds is 3. The summed E-state index contributed by atoms with van der Waals surface area (Å²) in [5.74, 6) is -0.313. The normalized spacial score (nSPS) is 11.2. The van der Waals surface area contributed by atoms with E-state index in [4.69, 9.17) is 0 Å². The molecule has 1 N–H and O–H groups in total. The molecule has 0 saturated carbocycles. The van der Waals surface area contributed by atoms with E-state index in [1.807, 2.05) is 18.2 Å². The third kappa shape index (κ3) is 2.39. The first kappa shape index (κ1) is 14.0. The highest BCUT2D eigenvalue weighted by molar-refractivity contribution is 7.19. The molecule has 0 unspecified atom stereocenters. The molecule has 0 radical (unpaired) electrons. The lowest BCUT2D eigenvalue weighted by Gasteiger charge is -1.99. The molecular formula is C16H11FN4OS. The van der Waals surface area contributed by atoms with Crippen LogP contribution in [0.15, 0.2) is 48.7 Å². The van der Waals surface area contributed by atoms with Crippen molar-refractivity contribution < 1.29 is 9.50 Å². The SMILES string of the molecule is OCc1c(-c2ccccn2)nc2sc(-c3cccc(F)c3)nn12. The summed E-state index contributed by atoms with van der Waals surface area (Å²) in [4.78, 5) is 9.42. The van der Waals surface area contributed by atoms with Crippen LogP contribution < -0.4 is 0 Å². The third-order valence-corrected chi connectivity index (χ3v) is 4.38. The van der Waals surface area contributed by atoms with Gasteiger partial charge in [-0.3, -0.25) is 4.98 Å². The number of hydrogen-bond acceptors (Lipinski definition) is 5. The van der Waals surface area contributed by atoms with E-state index in [0.717, 1.165) is 0 Å². The first-order valence-corrected chi connectivity index (χ1v) is 7.74. The summed E-state index contributed by atoms with van der Waals surface area (Å²) in [6, 6.07) is 11.8. The van der Waals surface area contributed by atoms with Gasteiger partial charge in [-0.2, -0.15) is 5.10 Å². The van der Waals surface area contributed by atoms with Crippen molar-refractivity contribution in [1.29, 1.82) is 0 Å². The molecule has 0 atom stereocenters. The van der Waals surface area contributed by atoms with E-state index in [1.165, 1.54) is 23.5 Å². The highest BCUT2D eigenvalue weighted by atomic mass is 32.1. The standard InChI is InChI=1S/C16H11FN4OS/c17-11-5-3-4-10(8-11)15-20-21-13(9-22)14(19-16(21)23-15)12-6-1-2-7-18-12/h1-8,22H,9H2. The minimum atomic E-state index is -0.313. The van der Waals surface area contributed by atoms with Crippen LogP contribution in [0, 0.1) is 5.82 Å². The van der Waals surface area contributed by atoms with Gasteiger partial charge in [-0.25, -0.2) is 13.9 Å². The fourth-order valence-corrected chi connectivity index (χ4v) is 3.29. The van der Waals surface area contributed by atoms with Crippen LogP contribution in [0.5, 0.6) is 0 Å². The maximum Gasteiger partial charge on any atom is 0.213 e. The quantitative estimate of drug-likeness (QED) is 0.628. The monoisotopic (exact) mass is 326 g/mol. The summed E-state index contributed by atoms with van der Waals surface area (Å²) in [5.41, 5.74) is 2.54. The molecule has 0 fully saturated rings. The summed E-state index contributed by atoms with van der Waals surface area (Å²) in [7, 11) is 0. The molecule has 0 bridgehead atoms. The number of aromatic nitrogens is 4. The number of aliphatic hydroxyl groups is 1. The van der Waals surface area contributed by atoms with Gasteiger partial charge in [0.05, 0.1) is 18.0 Å². The Kier molecular flexibility index (Phi) is 3.36. The molecule has 1 aromatic carbocycles. The van der Waals surface area contributed by atoms with Crippen molar-refractivity contribution in [3.63, 3.8) is 0 Å². The van der Waals surface area contributed by atoms with E-state index in [-0.39, 0.29) is 12.4 Å². The summed E-state index contributed by atoms with van der Waals surface area (Å²) >= 11 is 1.34. The smallest absolute Gasteiger partial charge is 0.213 e. The average molecular weight is 326 g/mol. The van der Waals surface area contributed by atoms with Gasteiger partial charge >= 0.3 is 0 Å². The Balaban J connectivity index is 1.87. The lowest BCUT2D eigenvalue weighted by atomic mass is 10.2. The molecule has 0 aliphatic rings. The van der Waals surface area contributed by atoms with Gasteiger partial charge in [0.2, 0.25) is 4.96 Å². The maximum absolute atomic E-state index is 13.4. The highest BCUT2D eigenvalue weighted by Crippen LogP contribution is 2.30. The van der Waals surface area contributed by atoms with E-state index >= 15 is 0 Å². The number of fused-ring (bicyclic) bond motifs is 1. The van der Waals surface area contributed by atoms with Gasteiger partial charge in [-0.15, -0.1) is 0 Å². The first-order chi connectivity index (χ1) is 11.3. The zero-order valence-corrected chi connectivity index (χ0v) is 12.7. The van der Waals surface area contributed by atoms with Crippen LogP contribution in [-0.2, 0) is 6.61 Å². The molecule has 5 nitrogen and oxygen atoms in total. The Morgan fingerprint density at radius 1 is 1.17 bits per heavy atom. The molecule has 114 valence electrons. The lowest BCUT2D eigenvalue weighted by molar-refractivity contribution is 0.275. The maximum atomic E-state index is 13.4. The van der Waals surface area contributed by atoms with Gasteiger partial charge in [0.15, 0.2) is 0 Å². The largest absolute Gasteiger partial charge is 0.390 e. The number of pyridine rings is 1. The molecule has 3 aromatic heterocycles. The number of nitrogens with zero attached hydrogens (tertiary/aromatic N) is 4. The number of halogens is 1. The predicted molar refractivity (Wildman–Crippen MR) is 85.4 cm³/mol. The van der Waals surface area contributed by atoms with Gasteiger partial charge in [0.25, 0.3) is 0 Å². The molecule has 4 rings (SSSR count). The number of hydrogen-bond donors (Lipinski definition) is 1. The second kappa shape index (κ2) is 5.53. The lowest BCUT2D eigenvalue weighted by Crippen LogP contribution is -1.96. The molecule has 23 heavy (non-hydrogen) atoms. The predicted octanol–water partition coefficient (Wildman–Crippen LogP) is 3.15. The van der Waals surface area contributed by atoms with Crippen LogP contribution in [0.2, 0.25) is 0 Å². The van der Waals surface area contributed by atoms with Crippen LogP contribution in [0.1, 0.15) is 5.69 Å². The second-order valence-electron chi connectivity index (χ2n) is 4.89. The van der Waals surface area contributed by atoms with Gasteiger partial charge in [-0.05, 0) is 24.3 Å². The van der Waals surface area contributed by atoms with Crippen LogP contribution in [0.4, 0.5) is 4.39 Å². The van der Waals surface area contributed by atoms with Gasteiger partial charge < -0.3 is 5.11 Å². The molecular weight excluding hydrogens is 315 g/mol. The summed E-state index contributed by atoms with van der Waals surface area (Å²) < 4.78 is 15.0. The Labute approximate surface area is 134 Å². The van der Waals surface area contributed by atoms with Crippen LogP contribution in [-0.4, -0.2) is 24.7 Å². The van der Waals surface area contributed by atoms with Crippen molar-refractivity contribution in [3.8, 4) is 22.0 Å². The van der Waals surface area contributed by atoms with E-state index in [2.05, 4.69) is 15.1 Å². The molecule has 0 spiro atoms. The Morgan fingerprint density at radius 2 is 2.09 bits per heavy atom. The first-order valence-electron chi connectivity index (χ1n) is 6.93. The molecule has 0 amide bonds. The topological polar surface area (TPSA) is 63.3 Å². The third-order valence-electron chi connectivity index (χ3n) is 3.43. The fourth-order valence-electron chi connectivity index (χ4n) is 2.38. The Bertz CT molecular complexity index is 980. The van der Waals surface area contributed by atoms with Crippen LogP contribution in [0.25, 0.3) is 26.9 Å². The van der Waals surface area contributed by atoms with E-state index in [9.17, 15) is 9.50 Å². The second-order valence-corrected chi connectivity index (χ2v) is 5.85. The van der Waals surface area contributed by atoms with Crippen molar-refractivity contribution in [2.45, 2.75) is 6.61 Å². The highest BCUT2D eigenvalue weighted by Gasteiger charge is 2.18. The summed E-state index contributed by atoms with van der Waals surface area (Å²) in [6.07, 6.45) is 1.68. The minimum Gasteiger partial charge on any atom is -0.390 e. The molecule has 0 aliphatic heterocycles. The van der Waals surface area contributed by atoms with Crippen molar-refractivity contribution in [1.82, 2.24) is 19.6 Å². The van der Waals surface area contributed by atoms with Crippen LogP contribution in [0.3, 0.4) is 0 Å². The van der Waals surface area contributed by atoms with Crippen molar-refractivity contribution in [2.24, 2.45) is 0 Å². The summed E-state index contributed by atoms with van der Waals surface area (Å²) in [6.45, 7) is -0.209. The summed E-state index contributed by atoms with van der Waals surface area (Å²) in [5, 5.41) is 14.8. The molecule has 4 aromatic rings. The van der Waals surface area contributed by atoms with Crippen LogP contribution >= 0.6 is 11.3 Å². The number of imidazole rings is 1. The van der Waals surface area contributed by atoms with E-state index in [0.29, 0.717) is 32.6 Å². The van der Waals surface area contributed by atoms with E-state index in [1.54, 1.807) is 22.8 Å². The van der Waals surface area contributed by atoms with Gasteiger partial charge in [-0.1, -0.05) is 29.5 Å². The van der Waals surface area contributed by atoms with Gasteiger partial charge in [0.1, 0.15) is 16.5 Å².